The Kier molecular flexibility index (Phi) is 3.41. The normalized spacial score (nSPS) is 17.3. The van der Waals surface area contributed by atoms with Crippen LogP contribution in [0.4, 0.5) is 0 Å². The van der Waals surface area contributed by atoms with E-state index in [0.717, 1.165) is 42.2 Å². The molecule has 1 aromatic heterocycles. The van der Waals surface area contributed by atoms with E-state index in [1.54, 1.807) is 7.11 Å². The largest absolute Gasteiger partial charge is 0.497 e. The second-order valence-electron chi connectivity index (χ2n) is 5.52. The predicted octanol–water partition coefficient (Wildman–Crippen LogP) is 2.84. The molecule has 5 heteroatoms. The van der Waals surface area contributed by atoms with Gasteiger partial charge in [-0.15, -0.1) is 0 Å². The van der Waals surface area contributed by atoms with Crippen LogP contribution in [0, 0.1) is 5.92 Å². The van der Waals surface area contributed by atoms with Gasteiger partial charge in [-0.25, -0.2) is 9.78 Å². The fraction of sp³-hybridized carbons (Fsp3) is 0.375. The van der Waals surface area contributed by atoms with E-state index in [4.69, 9.17) is 4.74 Å². The van der Waals surface area contributed by atoms with Crippen molar-refractivity contribution in [3.63, 3.8) is 0 Å². The molecule has 2 aromatic rings. The third-order valence-electron chi connectivity index (χ3n) is 3.99. The minimum absolute atomic E-state index is 0.188. The average Bonchev–Trinajstić information content (AvgIpc) is 2.86. The van der Waals surface area contributed by atoms with Gasteiger partial charge < -0.3 is 14.4 Å². The van der Waals surface area contributed by atoms with Crippen LogP contribution >= 0.6 is 0 Å². The first kappa shape index (κ1) is 13.7. The van der Waals surface area contributed by atoms with Gasteiger partial charge in [-0.2, -0.15) is 0 Å². The number of aromatic nitrogens is 2. The van der Waals surface area contributed by atoms with Crippen molar-refractivity contribution in [1.82, 2.24) is 9.55 Å². The number of rotatable bonds is 3. The van der Waals surface area contributed by atoms with Crippen LogP contribution in [0.1, 0.15) is 29.5 Å². The number of ether oxygens (including phenoxy) is 1. The SMILES string of the molecule is COc1ccc(-c2nc(C(=O)O)c3n2CC(C)CC3)cc1. The summed E-state index contributed by atoms with van der Waals surface area (Å²) in [4.78, 5) is 15.8. The Bertz CT molecular complexity index is 674. The lowest BCUT2D eigenvalue weighted by Gasteiger charge is -2.22. The first-order valence-corrected chi connectivity index (χ1v) is 7.07. The molecule has 0 fully saturated rings. The zero-order valence-electron chi connectivity index (χ0n) is 12.2. The molecule has 1 atom stereocenters. The second kappa shape index (κ2) is 5.24. The summed E-state index contributed by atoms with van der Waals surface area (Å²) in [5.74, 6) is 1.09. The molecule has 0 bridgehead atoms. The highest BCUT2D eigenvalue weighted by molar-refractivity contribution is 5.88. The number of fused-ring (bicyclic) bond motifs is 1. The minimum Gasteiger partial charge on any atom is -0.497 e. The number of imidazole rings is 1. The molecule has 2 heterocycles. The molecule has 1 aliphatic rings. The van der Waals surface area contributed by atoms with Crippen LogP contribution in [-0.2, 0) is 13.0 Å². The Balaban J connectivity index is 2.11. The molecular formula is C16H18N2O3. The van der Waals surface area contributed by atoms with Crippen LogP contribution in [0.5, 0.6) is 5.75 Å². The molecule has 0 saturated heterocycles. The molecule has 1 N–H and O–H groups in total. The molecule has 0 saturated carbocycles. The van der Waals surface area contributed by atoms with Gasteiger partial charge in [0.1, 0.15) is 11.6 Å². The first-order chi connectivity index (χ1) is 10.1. The van der Waals surface area contributed by atoms with Gasteiger partial charge in [-0.1, -0.05) is 6.92 Å². The van der Waals surface area contributed by atoms with E-state index in [2.05, 4.69) is 16.5 Å². The fourth-order valence-electron chi connectivity index (χ4n) is 2.85. The first-order valence-electron chi connectivity index (χ1n) is 7.07. The van der Waals surface area contributed by atoms with Gasteiger partial charge in [0.15, 0.2) is 5.69 Å². The summed E-state index contributed by atoms with van der Waals surface area (Å²) < 4.78 is 7.21. The standard InChI is InChI=1S/C16H18N2O3/c1-10-3-8-13-14(16(19)20)17-15(18(13)9-10)11-4-6-12(21-2)7-5-11/h4-7,10H,3,8-9H2,1-2H3,(H,19,20). The smallest absolute Gasteiger partial charge is 0.356 e. The van der Waals surface area contributed by atoms with Gasteiger partial charge in [0.25, 0.3) is 0 Å². The van der Waals surface area contributed by atoms with Crippen LogP contribution in [-0.4, -0.2) is 27.7 Å². The van der Waals surface area contributed by atoms with Gasteiger partial charge in [0, 0.05) is 12.1 Å². The zero-order valence-corrected chi connectivity index (χ0v) is 12.2. The topological polar surface area (TPSA) is 64.3 Å². The monoisotopic (exact) mass is 286 g/mol. The van der Waals surface area contributed by atoms with E-state index in [1.807, 2.05) is 24.3 Å². The van der Waals surface area contributed by atoms with Crippen molar-refractivity contribution in [2.75, 3.05) is 7.11 Å². The van der Waals surface area contributed by atoms with Gasteiger partial charge >= 0.3 is 5.97 Å². The highest BCUT2D eigenvalue weighted by atomic mass is 16.5. The molecule has 0 spiro atoms. The summed E-state index contributed by atoms with van der Waals surface area (Å²) in [6.07, 6.45) is 1.78. The molecule has 0 amide bonds. The number of benzene rings is 1. The van der Waals surface area contributed by atoms with E-state index in [-0.39, 0.29) is 5.69 Å². The number of nitrogens with zero attached hydrogens (tertiary/aromatic N) is 2. The molecular weight excluding hydrogens is 268 g/mol. The molecule has 110 valence electrons. The van der Waals surface area contributed by atoms with E-state index in [9.17, 15) is 9.90 Å². The lowest BCUT2D eigenvalue weighted by atomic mass is 9.99. The summed E-state index contributed by atoms with van der Waals surface area (Å²) in [5, 5.41) is 9.35. The van der Waals surface area contributed by atoms with Gasteiger partial charge in [-0.05, 0) is 43.0 Å². The Morgan fingerprint density at radius 2 is 2.10 bits per heavy atom. The van der Waals surface area contributed by atoms with Crippen molar-refractivity contribution in [3.8, 4) is 17.1 Å². The summed E-state index contributed by atoms with van der Waals surface area (Å²) in [7, 11) is 1.62. The molecule has 0 radical (unpaired) electrons. The lowest BCUT2D eigenvalue weighted by molar-refractivity contribution is 0.0689. The van der Waals surface area contributed by atoms with Crippen molar-refractivity contribution in [3.05, 3.63) is 35.7 Å². The third kappa shape index (κ3) is 2.39. The molecule has 0 aliphatic carbocycles. The van der Waals surface area contributed by atoms with E-state index >= 15 is 0 Å². The lowest BCUT2D eigenvalue weighted by Crippen LogP contribution is -2.19. The van der Waals surface area contributed by atoms with E-state index < -0.39 is 5.97 Å². The van der Waals surface area contributed by atoms with Gasteiger partial charge in [0.2, 0.25) is 0 Å². The summed E-state index contributed by atoms with van der Waals surface area (Å²) in [6, 6.07) is 7.56. The maximum atomic E-state index is 11.4. The highest BCUT2D eigenvalue weighted by Gasteiger charge is 2.26. The Hall–Kier alpha value is -2.30. The Morgan fingerprint density at radius 3 is 2.71 bits per heavy atom. The molecule has 1 unspecified atom stereocenters. The van der Waals surface area contributed by atoms with Crippen molar-refractivity contribution >= 4 is 5.97 Å². The summed E-state index contributed by atoms with van der Waals surface area (Å²) in [6.45, 7) is 3.00. The predicted molar refractivity (Wildman–Crippen MR) is 78.7 cm³/mol. The second-order valence-corrected chi connectivity index (χ2v) is 5.52. The van der Waals surface area contributed by atoms with Crippen LogP contribution < -0.4 is 4.74 Å². The van der Waals surface area contributed by atoms with Crippen molar-refractivity contribution in [2.45, 2.75) is 26.3 Å². The Labute approximate surface area is 123 Å². The number of carbonyl (C=O) groups is 1. The van der Waals surface area contributed by atoms with Crippen molar-refractivity contribution in [1.29, 1.82) is 0 Å². The molecule has 1 aliphatic heterocycles. The van der Waals surface area contributed by atoms with Gasteiger partial charge in [0.05, 0.1) is 12.8 Å². The van der Waals surface area contributed by atoms with Crippen molar-refractivity contribution in [2.24, 2.45) is 5.92 Å². The Morgan fingerprint density at radius 1 is 1.38 bits per heavy atom. The quantitative estimate of drug-likeness (QED) is 0.942. The minimum atomic E-state index is -0.951. The maximum absolute atomic E-state index is 11.4. The summed E-state index contributed by atoms with van der Waals surface area (Å²) in [5.41, 5.74) is 1.94. The number of methoxy groups -OCH3 is 1. The van der Waals surface area contributed by atoms with Crippen molar-refractivity contribution < 1.29 is 14.6 Å². The van der Waals surface area contributed by atoms with Crippen LogP contribution in [0.15, 0.2) is 24.3 Å². The zero-order chi connectivity index (χ0) is 15.0. The van der Waals surface area contributed by atoms with Crippen LogP contribution in [0.3, 0.4) is 0 Å². The van der Waals surface area contributed by atoms with E-state index in [0.29, 0.717) is 5.92 Å². The van der Waals surface area contributed by atoms with Crippen LogP contribution in [0.2, 0.25) is 0 Å². The molecule has 21 heavy (non-hydrogen) atoms. The number of carboxylic acids is 1. The molecule has 5 nitrogen and oxygen atoms in total. The highest BCUT2D eigenvalue weighted by Crippen LogP contribution is 2.30. The maximum Gasteiger partial charge on any atom is 0.356 e. The molecule has 1 aromatic carbocycles. The van der Waals surface area contributed by atoms with E-state index in [1.165, 1.54) is 0 Å². The third-order valence-corrected chi connectivity index (χ3v) is 3.99. The average molecular weight is 286 g/mol. The number of hydrogen-bond acceptors (Lipinski definition) is 3. The van der Waals surface area contributed by atoms with Crippen LogP contribution in [0.25, 0.3) is 11.4 Å². The fourth-order valence-corrected chi connectivity index (χ4v) is 2.85. The molecule has 3 rings (SSSR count). The summed E-state index contributed by atoms with van der Waals surface area (Å²) >= 11 is 0. The number of hydrogen-bond donors (Lipinski definition) is 1. The number of aromatic carboxylic acids is 1. The number of carboxylic acid groups (broad SMARTS) is 1. The van der Waals surface area contributed by atoms with Gasteiger partial charge in [-0.3, -0.25) is 0 Å².